The monoisotopic (exact) mass is 344 g/mol. The first-order chi connectivity index (χ1) is 10.8. The highest BCUT2D eigenvalue weighted by Crippen LogP contribution is 2.10. The number of ether oxygens (including phenoxy) is 1. The van der Waals surface area contributed by atoms with E-state index in [-0.39, 0.29) is 0 Å². The van der Waals surface area contributed by atoms with Crippen LogP contribution in [-0.2, 0) is 23.9 Å². The van der Waals surface area contributed by atoms with Crippen molar-refractivity contribution in [3.63, 3.8) is 0 Å². The molecule has 0 spiro atoms. The Morgan fingerprint density at radius 3 is 2.04 bits per heavy atom. The summed E-state index contributed by atoms with van der Waals surface area (Å²) >= 11 is 0. The number of carbonyl (C=O) groups excluding carboxylic acids is 4. The van der Waals surface area contributed by atoms with Gasteiger partial charge in [0.05, 0.1) is 12.5 Å². The van der Waals surface area contributed by atoms with E-state index in [0.29, 0.717) is 0 Å². The Hall–Kier alpha value is -2.16. The minimum absolute atomic E-state index is 0.404. The smallest absolute Gasteiger partial charge is 0.329 e. The van der Waals surface area contributed by atoms with Gasteiger partial charge in [-0.05, 0) is 34.6 Å². The predicted octanol–water partition coefficient (Wildman–Crippen LogP) is -1.12. The van der Waals surface area contributed by atoms with Crippen LogP contribution in [0.2, 0.25) is 0 Å². The molecule has 138 valence electrons. The maximum atomic E-state index is 12.3. The van der Waals surface area contributed by atoms with Gasteiger partial charge in [-0.15, -0.1) is 0 Å². The van der Waals surface area contributed by atoms with Gasteiger partial charge in [-0.1, -0.05) is 0 Å². The van der Waals surface area contributed by atoms with Gasteiger partial charge >= 0.3 is 5.97 Å². The fourth-order valence-electron chi connectivity index (χ4n) is 1.75. The molecule has 0 aliphatic carbocycles. The molecule has 0 bridgehead atoms. The molecule has 24 heavy (non-hydrogen) atoms. The Bertz CT molecular complexity index is 499. The SMILES string of the molecule is C[C@H](N)C(=O)N(C)[C@@H](C)C(=O)N[C@@H](CC(N)=O)C(=O)OC(C)(C)C. The van der Waals surface area contributed by atoms with Gasteiger partial charge in [-0.25, -0.2) is 4.79 Å². The second kappa shape index (κ2) is 8.62. The number of amides is 3. The average molecular weight is 344 g/mol. The molecule has 0 aliphatic rings. The molecule has 0 saturated heterocycles. The van der Waals surface area contributed by atoms with Crippen molar-refractivity contribution in [2.75, 3.05) is 7.05 Å². The fourth-order valence-corrected chi connectivity index (χ4v) is 1.75. The van der Waals surface area contributed by atoms with Gasteiger partial charge in [0.25, 0.3) is 0 Å². The van der Waals surface area contributed by atoms with E-state index in [1.165, 1.54) is 20.9 Å². The lowest BCUT2D eigenvalue weighted by Gasteiger charge is -2.28. The lowest BCUT2D eigenvalue weighted by Crippen LogP contribution is -2.54. The van der Waals surface area contributed by atoms with Crippen LogP contribution in [0.5, 0.6) is 0 Å². The number of carbonyl (C=O) groups is 4. The second-order valence-electron chi connectivity index (χ2n) is 6.68. The molecule has 3 amide bonds. The Balaban J connectivity index is 5.08. The van der Waals surface area contributed by atoms with Crippen molar-refractivity contribution >= 4 is 23.7 Å². The highest BCUT2D eigenvalue weighted by Gasteiger charge is 2.31. The standard InChI is InChI=1S/C15H28N4O5/c1-8(16)13(22)19(6)9(2)12(21)18-10(7-11(17)20)14(23)24-15(3,4)5/h8-10H,7,16H2,1-6H3,(H2,17,20)(H,18,21)/t8-,9-,10-/m0/s1. The summed E-state index contributed by atoms with van der Waals surface area (Å²) in [6.07, 6.45) is -0.404. The van der Waals surface area contributed by atoms with E-state index in [1.54, 1.807) is 20.8 Å². The van der Waals surface area contributed by atoms with Gasteiger partial charge in [-0.3, -0.25) is 14.4 Å². The van der Waals surface area contributed by atoms with Crippen LogP contribution in [-0.4, -0.2) is 59.4 Å². The highest BCUT2D eigenvalue weighted by molar-refractivity contribution is 5.93. The quantitative estimate of drug-likeness (QED) is 0.499. The first kappa shape index (κ1) is 21.8. The van der Waals surface area contributed by atoms with Crippen LogP contribution >= 0.6 is 0 Å². The summed E-state index contributed by atoms with van der Waals surface area (Å²) in [4.78, 5) is 48.5. The molecule has 3 atom stereocenters. The molecule has 0 saturated carbocycles. The van der Waals surface area contributed by atoms with E-state index in [9.17, 15) is 19.2 Å². The summed E-state index contributed by atoms with van der Waals surface area (Å²) < 4.78 is 5.17. The van der Waals surface area contributed by atoms with Crippen LogP contribution in [0.15, 0.2) is 0 Å². The van der Waals surface area contributed by atoms with Gasteiger partial charge in [0.2, 0.25) is 17.7 Å². The van der Waals surface area contributed by atoms with E-state index in [4.69, 9.17) is 16.2 Å². The molecular formula is C15H28N4O5. The lowest BCUT2D eigenvalue weighted by molar-refractivity contribution is -0.160. The maximum absolute atomic E-state index is 12.3. The van der Waals surface area contributed by atoms with Crippen molar-refractivity contribution in [2.24, 2.45) is 11.5 Å². The zero-order chi connectivity index (χ0) is 19.2. The lowest BCUT2D eigenvalue weighted by atomic mass is 10.1. The molecule has 0 radical (unpaired) electrons. The van der Waals surface area contributed by atoms with Gasteiger partial charge < -0.3 is 26.4 Å². The molecule has 9 nitrogen and oxygen atoms in total. The number of nitrogens with one attached hydrogen (secondary N) is 1. The number of hydrogen-bond donors (Lipinski definition) is 3. The molecular weight excluding hydrogens is 316 g/mol. The average Bonchev–Trinajstić information content (AvgIpc) is 2.41. The van der Waals surface area contributed by atoms with Crippen LogP contribution in [0.4, 0.5) is 0 Å². The number of likely N-dealkylation sites (N-methyl/N-ethyl adjacent to an activating group) is 1. The number of primary amides is 1. The molecule has 0 aromatic carbocycles. The van der Waals surface area contributed by atoms with Crippen molar-refractivity contribution in [3.8, 4) is 0 Å². The van der Waals surface area contributed by atoms with Gasteiger partial charge in [0, 0.05) is 7.05 Å². The van der Waals surface area contributed by atoms with E-state index < -0.39 is 53.8 Å². The summed E-state index contributed by atoms with van der Waals surface area (Å²) in [7, 11) is 1.42. The summed E-state index contributed by atoms with van der Waals surface area (Å²) in [5, 5.41) is 2.40. The molecule has 0 aromatic rings. The number of hydrogen-bond acceptors (Lipinski definition) is 6. The van der Waals surface area contributed by atoms with E-state index in [1.807, 2.05) is 0 Å². The van der Waals surface area contributed by atoms with Crippen LogP contribution in [0.3, 0.4) is 0 Å². The molecule has 5 N–H and O–H groups in total. The Kier molecular flexibility index (Phi) is 7.85. The number of nitrogens with zero attached hydrogens (tertiary/aromatic N) is 1. The number of rotatable bonds is 7. The second-order valence-corrected chi connectivity index (χ2v) is 6.68. The minimum atomic E-state index is -1.23. The zero-order valence-corrected chi connectivity index (χ0v) is 15.1. The van der Waals surface area contributed by atoms with Gasteiger partial charge in [0.15, 0.2) is 0 Å². The Labute approximate surface area is 142 Å². The van der Waals surface area contributed by atoms with Crippen LogP contribution in [0.1, 0.15) is 41.0 Å². The van der Waals surface area contributed by atoms with Crippen molar-refractivity contribution in [3.05, 3.63) is 0 Å². The van der Waals surface area contributed by atoms with Gasteiger partial charge in [-0.2, -0.15) is 0 Å². The molecule has 0 heterocycles. The Morgan fingerprint density at radius 1 is 1.17 bits per heavy atom. The zero-order valence-electron chi connectivity index (χ0n) is 15.1. The number of nitrogens with two attached hydrogens (primary N) is 2. The van der Waals surface area contributed by atoms with Crippen molar-refractivity contribution in [1.29, 1.82) is 0 Å². The normalized spacial score (nSPS) is 15.0. The molecule has 9 heteroatoms. The molecule has 0 aliphatic heterocycles. The third-order valence-electron chi connectivity index (χ3n) is 3.11. The highest BCUT2D eigenvalue weighted by atomic mass is 16.6. The summed E-state index contributed by atoms with van der Waals surface area (Å²) in [5.74, 6) is -2.59. The largest absolute Gasteiger partial charge is 0.458 e. The van der Waals surface area contributed by atoms with Crippen molar-refractivity contribution in [2.45, 2.75) is 64.8 Å². The van der Waals surface area contributed by atoms with Crippen molar-refractivity contribution in [1.82, 2.24) is 10.2 Å². The summed E-state index contributed by atoms with van der Waals surface area (Å²) in [6, 6.07) is -2.88. The van der Waals surface area contributed by atoms with E-state index >= 15 is 0 Å². The third-order valence-corrected chi connectivity index (χ3v) is 3.11. The predicted molar refractivity (Wildman–Crippen MR) is 87.5 cm³/mol. The molecule has 0 unspecified atom stereocenters. The van der Waals surface area contributed by atoms with Crippen LogP contribution in [0.25, 0.3) is 0 Å². The first-order valence-electron chi connectivity index (χ1n) is 7.60. The van der Waals surface area contributed by atoms with E-state index in [0.717, 1.165) is 4.90 Å². The van der Waals surface area contributed by atoms with Crippen molar-refractivity contribution < 1.29 is 23.9 Å². The minimum Gasteiger partial charge on any atom is -0.458 e. The maximum Gasteiger partial charge on any atom is 0.329 e. The fraction of sp³-hybridized carbons (Fsp3) is 0.733. The summed E-state index contributed by atoms with van der Waals surface area (Å²) in [5.41, 5.74) is 9.83. The van der Waals surface area contributed by atoms with E-state index in [2.05, 4.69) is 5.32 Å². The Morgan fingerprint density at radius 2 is 1.67 bits per heavy atom. The van der Waals surface area contributed by atoms with Crippen LogP contribution in [0, 0.1) is 0 Å². The van der Waals surface area contributed by atoms with Gasteiger partial charge in [0.1, 0.15) is 17.7 Å². The van der Waals surface area contributed by atoms with Crippen LogP contribution < -0.4 is 16.8 Å². The first-order valence-corrected chi connectivity index (χ1v) is 7.60. The summed E-state index contributed by atoms with van der Waals surface area (Å²) in [6.45, 7) is 7.95. The molecule has 0 aromatic heterocycles. The number of esters is 1. The molecule has 0 fully saturated rings. The molecule has 0 rings (SSSR count). The topological polar surface area (TPSA) is 145 Å². The third kappa shape index (κ3) is 7.40.